The monoisotopic (exact) mass is 269 g/mol. The van der Waals surface area contributed by atoms with Crippen molar-refractivity contribution in [2.75, 3.05) is 45.9 Å². The third-order valence-corrected chi connectivity index (χ3v) is 3.90. The molecule has 2 N–H and O–H groups in total. The molecular formula is C14H27N3O2. The molecule has 110 valence electrons. The van der Waals surface area contributed by atoms with Gasteiger partial charge < -0.3 is 15.4 Å². The number of hydrogen-bond donors (Lipinski definition) is 2. The summed E-state index contributed by atoms with van der Waals surface area (Å²) in [7, 11) is 0. The second kappa shape index (κ2) is 6.68. The van der Waals surface area contributed by atoms with E-state index in [1.165, 1.54) is 0 Å². The van der Waals surface area contributed by atoms with Crippen LogP contribution in [0.2, 0.25) is 0 Å². The summed E-state index contributed by atoms with van der Waals surface area (Å²) >= 11 is 0. The largest absolute Gasteiger partial charge is 0.373 e. The Kier molecular flexibility index (Phi) is 5.19. The molecule has 0 aromatic heterocycles. The van der Waals surface area contributed by atoms with Gasteiger partial charge in [-0.15, -0.1) is 0 Å². The number of ether oxygens (including phenoxy) is 1. The van der Waals surface area contributed by atoms with Crippen molar-refractivity contribution in [3.05, 3.63) is 0 Å². The van der Waals surface area contributed by atoms with Gasteiger partial charge in [0.2, 0.25) is 5.91 Å². The molecule has 2 saturated heterocycles. The average Bonchev–Trinajstić information content (AvgIpc) is 2.38. The van der Waals surface area contributed by atoms with E-state index in [0.29, 0.717) is 0 Å². The Morgan fingerprint density at radius 2 is 2.37 bits per heavy atom. The van der Waals surface area contributed by atoms with Crippen LogP contribution in [0.4, 0.5) is 0 Å². The van der Waals surface area contributed by atoms with Crippen molar-refractivity contribution in [2.45, 2.75) is 32.3 Å². The maximum absolute atomic E-state index is 12.0. The SMILES string of the molecule is CC1(C)CN(CCNC(=O)C2CCCNC2)CCO1. The summed E-state index contributed by atoms with van der Waals surface area (Å²) in [6.45, 7) is 10.5. The zero-order chi connectivity index (χ0) is 13.7. The van der Waals surface area contributed by atoms with Crippen molar-refractivity contribution in [1.29, 1.82) is 0 Å². The Balaban J connectivity index is 1.64. The molecule has 2 aliphatic rings. The van der Waals surface area contributed by atoms with Crippen LogP contribution in [0.15, 0.2) is 0 Å². The molecule has 5 nitrogen and oxygen atoms in total. The van der Waals surface area contributed by atoms with Crippen LogP contribution in [0.5, 0.6) is 0 Å². The van der Waals surface area contributed by atoms with Crippen molar-refractivity contribution in [1.82, 2.24) is 15.5 Å². The first-order valence-corrected chi connectivity index (χ1v) is 7.41. The molecule has 2 heterocycles. The quantitative estimate of drug-likeness (QED) is 0.766. The maximum Gasteiger partial charge on any atom is 0.224 e. The topological polar surface area (TPSA) is 53.6 Å². The highest BCUT2D eigenvalue weighted by Crippen LogP contribution is 2.15. The summed E-state index contributed by atoms with van der Waals surface area (Å²) in [6.07, 6.45) is 2.12. The molecule has 0 spiro atoms. The Morgan fingerprint density at radius 3 is 3.05 bits per heavy atom. The first-order valence-electron chi connectivity index (χ1n) is 7.41. The number of nitrogens with zero attached hydrogens (tertiary/aromatic N) is 1. The predicted octanol–water partition coefficient (Wildman–Crippen LogP) is 0.213. The van der Waals surface area contributed by atoms with E-state index in [1.807, 2.05) is 0 Å². The van der Waals surface area contributed by atoms with E-state index in [-0.39, 0.29) is 17.4 Å². The van der Waals surface area contributed by atoms with Crippen molar-refractivity contribution in [3.8, 4) is 0 Å². The van der Waals surface area contributed by atoms with Gasteiger partial charge >= 0.3 is 0 Å². The minimum atomic E-state index is -0.0600. The Morgan fingerprint density at radius 1 is 1.53 bits per heavy atom. The Bertz CT molecular complexity index is 301. The van der Waals surface area contributed by atoms with Gasteiger partial charge in [-0.05, 0) is 33.2 Å². The second-order valence-corrected chi connectivity index (χ2v) is 6.22. The number of rotatable bonds is 4. The van der Waals surface area contributed by atoms with Gasteiger partial charge in [0.1, 0.15) is 0 Å². The van der Waals surface area contributed by atoms with Crippen molar-refractivity contribution < 1.29 is 9.53 Å². The van der Waals surface area contributed by atoms with Gasteiger partial charge in [0.15, 0.2) is 0 Å². The van der Waals surface area contributed by atoms with Gasteiger partial charge in [-0.3, -0.25) is 9.69 Å². The number of carbonyl (C=O) groups is 1. The zero-order valence-corrected chi connectivity index (χ0v) is 12.2. The van der Waals surface area contributed by atoms with Crippen LogP contribution in [0.1, 0.15) is 26.7 Å². The molecule has 2 fully saturated rings. The van der Waals surface area contributed by atoms with Gasteiger partial charge in [0.05, 0.1) is 18.1 Å². The first-order chi connectivity index (χ1) is 9.07. The first kappa shape index (κ1) is 14.8. The molecule has 0 aromatic rings. The molecule has 2 rings (SSSR count). The number of amides is 1. The highest BCUT2D eigenvalue weighted by atomic mass is 16.5. The predicted molar refractivity (Wildman–Crippen MR) is 75.1 cm³/mol. The van der Waals surface area contributed by atoms with E-state index in [0.717, 1.165) is 58.7 Å². The minimum Gasteiger partial charge on any atom is -0.373 e. The normalized spacial score (nSPS) is 28.0. The van der Waals surface area contributed by atoms with Crippen molar-refractivity contribution in [3.63, 3.8) is 0 Å². The summed E-state index contributed by atoms with van der Waals surface area (Å²) in [5, 5.41) is 6.34. The van der Waals surface area contributed by atoms with Crippen LogP contribution in [-0.4, -0.2) is 62.3 Å². The zero-order valence-electron chi connectivity index (χ0n) is 12.2. The summed E-state index contributed by atoms with van der Waals surface area (Å²) in [5.74, 6) is 0.370. The van der Waals surface area contributed by atoms with Gasteiger partial charge in [-0.25, -0.2) is 0 Å². The molecule has 1 amide bonds. The lowest BCUT2D eigenvalue weighted by atomic mass is 9.99. The number of piperidine rings is 1. The van der Waals surface area contributed by atoms with Crippen LogP contribution in [-0.2, 0) is 9.53 Å². The molecule has 0 aliphatic carbocycles. The summed E-state index contributed by atoms with van der Waals surface area (Å²) < 4.78 is 5.68. The smallest absolute Gasteiger partial charge is 0.224 e. The third kappa shape index (κ3) is 4.75. The van der Waals surface area contributed by atoms with Gasteiger partial charge in [0.25, 0.3) is 0 Å². The summed E-state index contributed by atoms with van der Waals surface area (Å²) in [4.78, 5) is 14.3. The molecule has 1 atom stereocenters. The van der Waals surface area contributed by atoms with Gasteiger partial charge in [0, 0.05) is 32.7 Å². The van der Waals surface area contributed by atoms with Crippen molar-refractivity contribution in [2.24, 2.45) is 5.92 Å². The molecule has 2 aliphatic heterocycles. The lowest BCUT2D eigenvalue weighted by molar-refractivity contribution is -0.125. The molecule has 5 heteroatoms. The summed E-state index contributed by atoms with van der Waals surface area (Å²) in [6, 6.07) is 0. The third-order valence-electron chi connectivity index (χ3n) is 3.90. The van der Waals surface area contributed by atoms with Crippen molar-refractivity contribution >= 4 is 5.91 Å². The van der Waals surface area contributed by atoms with E-state index in [1.54, 1.807) is 0 Å². The van der Waals surface area contributed by atoms with E-state index >= 15 is 0 Å². The maximum atomic E-state index is 12.0. The van der Waals surface area contributed by atoms with Crippen LogP contribution in [0, 0.1) is 5.92 Å². The highest BCUT2D eigenvalue weighted by Gasteiger charge is 2.27. The van der Waals surface area contributed by atoms with E-state index in [4.69, 9.17) is 4.74 Å². The fraction of sp³-hybridized carbons (Fsp3) is 0.929. The lowest BCUT2D eigenvalue weighted by Crippen LogP contribution is -2.50. The fourth-order valence-electron chi connectivity index (χ4n) is 2.86. The molecule has 0 aromatic carbocycles. The summed E-state index contributed by atoms with van der Waals surface area (Å²) in [5.41, 5.74) is -0.0600. The molecule has 0 radical (unpaired) electrons. The average molecular weight is 269 g/mol. The van der Waals surface area contributed by atoms with E-state index in [9.17, 15) is 4.79 Å². The van der Waals surface area contributed by atoms with Crippen LogP contribution < -0.4 is 10.6 Å². The molecule has 19 heavy (non-hydrogen) atoms. The molecule has 1 unspecified atom stereocenters. The molecule has 0 bridgehead atoms. The van der Waals surface area contributed by atoms with Crippen LogP contribution in [0.3, 0.4) is 0 Å². The number of hydrogen-bond acceptors (Lipinski definition) is 4. The van der Waals surface area contributed by atoms with E-state index in [2.05, 4.69) is 29.4 Å². The van der Waals surface area contributed by atoms with Crippen LogP contribution >= 0.6 is 0 Å². The number of morpholine rings is 1. The van der Waals surface area contributed by atoms with Crippen LogP contribution in [0.25, 0.3) is 0 Å². The number of carbonyl (C=O) groups excluding carboxylic acids is 1. The van der Waals surface area contributed by atoms with E-state index < -0.39 is 0 Å². The molecule has 0 saturated carbocycles. The Labute approximate surface area is 116 Å². The fourth-order valence-corrected chi connectivity index (χ4v) is 2.86. The minimum absolute atomic E-state index is 0.0600. The Hall–Kier alpha value is -0.650. The number of nitrogens with one attached hydrogen (secondary N) is 2. The van der Waals surface area contributed by atoms with Gasteiger partial charge in [-0.1, -0.05) is 0 Å². The van der Waals surface area contributed by atoms with Gasteiger partial charge in [-0.2, -0.15) is 0 Å². The highest BCUT2D eigenvalue weighted by molar-refractivity contribution is 5.78. The standard InChI is InChI=1S/C14H27N3O2/c1-14(2)11-17(8-9-19-14)7-6-16-13(18)12-4-3-5-15-10-12/h12,15H,3-11H2,1-2H3,(H,16,18). The second-order valence-electron chi connectivity index (χ2n) is 6.22. The molecular weight excluding hydrogens is 242 g/mol. The lowest BCUT2D eigenvalue weighted by Gasteiger charge is -2.38.